The first-order valence-corrected chi connectivity index (χ1v) is 12.9. The van der Waals surface area contributed by atoms with E-state index in [0.29, 0.717) is 6.42 Å². The van der Waals surface area contributed by atoms with Crippen molar-refractivity contribution in [2.45, 2.75) is 63.0 Å². The van der Waals surface area contributed by atoms with Crippen LogP contribution in [0.2, 0.25) is 0 Å². The monoisotopic (exact) mass is 479 g/mol. The molecular weight excluding hydrogens is 442 g/mol. The number of fused-ring (bicyclic) bond motifs is 1. The maximum Gasteiger partial charge on any atom is 0.286 e. The average molecular weight is 480 g/mol. The van der Waals surface area contributed by atoms with E-state index in [4.69, 9.17) is 0 Å². The van der Waals surface area contributed by atoms with Gasteiger partial charge in [0.2, 0.25) is 5.91 Å². The summed E-state index contributed by atoms with van der Waals surface area (Å²) in [7, 11) is 8.35. The van der Waals surface area contributed by atoms with Crippen LogP contribution < -0.4 is 15.1 Å². The maximum absolute atomic E-state index is 12.1. The van der Waals surface area contributed by atoms with Crippen LogP contribution in [0.25, 0.3) is 11.1 Å². The van der Waals surface area contributed by atoms with Crippen LogP contribution in [0.1, 0.15) is 57.2 Å². The number of anilines is 2. The van der Waals surface area contributed by atoms with Crippen molar-refractivity contribution >= 4 is 34.3 Å². The van der Waals surface area contributed by atoms with Crippen LogP contribution in [0.3, 0.4) is 0 Å². The van der Waals surface area contributed by atoms with E-state index in [-0.39, 0.29) is 27.2 Å². The van der Waals surface area contributed by atoms with Crippen LogP contribution in [0.15, 0.2) is 30.3 Å². The van der Waals surface area contributed by atoms with E-state index in [9.17, 15) is 9.59 Å². The number of nitrogens with zero attached hydrogens (tertiary/aromatic N) is 2. The summed E-state index contributed by atoms with van der Waals surface area (Å²) in [6, 6.07) is 11.3. The predicted molar refractivity (Wildman–Crippen MR) is 144 cm³/mol. The molecule has 1 saturated heterocycles. The highest BCUT2D eigenvalue weighted by Crippen LogP contribution is 2.50. The molecule has 0 aromatic heterocycles. The Hall–Kier alpha value is -2.47. The number of hydrogen-bond donors (Lipinski definition) is 1. The molecule has 0 radical (unpaired) electrons. The summed E-state index contributed by atoms with van der Waals surface area (Å²) in [5.41, 5.74) is 8.97. The lowest BCUT2D eigenvalue weighted by Crippen LogP contribution is -2.34. The van der Waals surface area contributed by atoms with Gasteiger partial charge < -0.3 is 9.80 Å². The van der Waals surface area contributed by atoms with Gasteiger partial charge in [-0.05, 0) is 65.0 Å². The van der Waals surface area contributed by atoms with Gasteiger partial charge >= 0.3 is 0 Å². The molecule has 1 atom stereocenters. The Balaban J connectivity index is 1.85. The summed E-state index contributed by atoms with van der Waals surface area (Å²) in [6.07, 6.45) is 2.90. The minimum absolute atomic E-state index is 0.127. The zero-order valence-electron chi connectivity index (χ0n) is 21.7. The van der Waals surface area contributed by atoms with E-state index in [1.165, 1.54) is 40.8 Å². The molecule has 1 N–H and O–H groups in total. The van der Waals surface area contributed by atoms with Gasteiger partial charge in [0.15, 0.2) is 0 Å². The number of carbonyl (C=O) groups is 2. The van der Waals surface area contributed by atoms with E-state index in [1.54, 1.807) is 0 Å². The molecular formula is C28H37N3O2S. The Morgan fingerprint density at radius 1 is 0.853 bits per heavy atom. The Morgan fingerprint density at radius 2 is 1.41 bits per heavy atom. The number of hydrogen-bond acceptors (Lipinski definition) is 5. The Labute approximate surface area is 208 Å². The summed E-state index contributed by atoms with van der Waals surface area (Å²) in [4.78, 5) is 28.1. The quantitative estimate of drug-likeness (QED) is 0.594. The lowest BCUT2D eigenvalue weighted by Gasteiger charge is -2.43. The van der Waals surface area contributed by atoms with Crippen LogP contribution in [0, 0.1) is 0 Å². The summed E-state index contributed by atoms with van der Waals surface area (Å²) in [6.45, 7) is 9.45. The minimum atomic E-state index is -0.363. The predicted octanol–water partition coefficient (Wildman–Crippen LogP) is 5.73. The number of thioether (sulfide) groups is 1. The first-order valence-electron chi connectivity index (χ1n) is 12.0. The van der Waals surface area contributed by atoms with Crippen LogP contribution >= 0.6 is 11.8 Å². The van der Waals surface area contributed by atoms with E-state index < -0.39 is 0 Å². The lowest BCUT2D eigenvalue weighted by molar-refractivity contribution is -0.118. The zero-order chi connectivity index (χ0) is 25.0. The molecule has 2 amide bonds. The van der Waals surface area contributed by atoms with Crippen molar-refractivity contribution in [2.75, 3.05) is 38.0 Å². The molecule has 1 unspecified atom stereocenters. The van der Waals surface area contributed by atoms with E-state index in [0.717, 1.165) is 23.0 Å². The van der Waals surface area contributed by atoms with Crippen LogP contribution in [-0.4, -0.2) is 44.6 Å². The molecule has 1 aliphatic carbocycles. The second-order valence-corrected chi connectivity index (χ2v) is 12.6. The van der Waals surface area contributed by atoms with Gasteiger partial charge in [0.1, 0.15) is 0 Å². The molecule has 2 aromatic carbocycles. The molecule has 0 bridgehead atoms. The average Bonchev–Trinajstić information content (AvgIpc) is 3.07. The summed E-state index contributed by atoms with van der Waals surface area (Å²) in [5.74, 6) is -0.195. The van der Waals surface area contributed by atoms with E-state index in [2.05, 4.69) is 101 Å². The highest BCUT2D eigenvalue weighted by molar-refractivity contribution is 8.15. The molecule has 34 heavy (non-hydrogen) atoms. The first-order chi connectivity index (χ1) is 15.8. The molecule has 6 heteroatoms. The third-order valence-corrected chi connectivity index (χ3v) is 8.45. The van der Waals surface area contributed by atoms with E-state index >= 15 is 0 Å². The van der Waals surface area contributed by atoms with Gasteiger partial charge in [0.05, 0.1) is 5.25 Å². The highest BCUT2D eigenvalue weighted by Gasteiger charge is 2.38. The van der Waals surface area contributed by atoms with Gasteiger partial charge in [-0.25, -0.2) is 0 Å². The third-order valence-electron chi connectivity index (χ3n) is 7.47. The standard InChI is InChI=1S/C28H37N3O2S/c1-27(2)11-12-28(3,4)21-16-23(31(7)8)19(15-20(21)27)18-10-9-17(13-22(18)30(5)6)14-24-25(32)29-26(33)34-24/h9-10,13,15-16,24H,11-12,14H2,1-8H3,(H,29,32,33). The second-order valence-electron chi connectivity index (χ2n) is 11.4. The molecule has 0 saturated carbocycles. The molecule has 1 aliphatic heterocycles. The third kappa shape index (κ3) is 4.45. The molecule has 2 aliphatic rings. The van der Waals surface area contributed by atoms with Gasteiger partial charge in [-0.3, -0.25) is 14.9 Å². The normalized spacial score (nSPS) is 20.6. The summed E-state index contributed by atoms with van der Waals surface area (Å²) in [5, 5.41) is 1.78. The number of nitrogens with one attached hydrogen (secondary N) is 1. The molecule has 0 spiro atoms. The fourth-order valence-electron chi connectivity index (χ4n) is 5.23. The summed E-state index contributed by atoms with van der Waals surface area (Å²) < 4.78 is 0. The zero-order valence-corrected chi connectivity index (χ0v) is 22.5. The topological polar surface area (TPSA) is 52.7 Å². The lowest BCUT2D eigenvalue weighted by atomic mass is 9.62. The minimum Gasteiger partial charge on any atom is -0.377 e. The largest absolute Gasteiger partial charge is 0.377 e. The van der Waals surface area contributed by atoms with E-state index in [1.807, 2.05) is 0 Å². The molecule has 1 fully saturated rings. The Kier molecular flexibility index (Phi) is 6.26. The number of rotatable bonds is 5. The Bertz CT molecular complexity index is 1150. The van der Waals surface area contributed by atoms with Crippen LogP contribution in [0.4, 0.5) is 16.2 Å². The molecule has 1 heterocycles. The fourth-order valence-corrected chi connectivity index (χ4v) is 6.09. The van der Waals surface area contributed by atoms with Gasteiger partial charge in [0, 0.05) is 50.7 Å². The number of carbonyl (C=O) groups excluding carboxylic acids is 2. The molecule has 5 nitrogen and oxygen atoms in total. The first kappa shape index (κ1) is 24.6. The van der Waals surface area contributed by atoms with Crippen molar-refractivity contribution in [3.8, 4) is 11.1 Å². The van der Waals surface area contributed by atoms with Crippen LogP contribution in [-0.2, 0) is 22.0 Å². The van der Waals surface area contributed by atoms with Gasteiger partial charge in [-0.15, -0.1) is 0 Å². The van der Waals surface area contributed by atoms with Crippen LogP contribution in [0.5, 0.6) is 0 Å². The van der Waals surface area contributed by atoms with Crippen molar-refractivity contribution in [1.82, 2.24) is 5.32 Å². The van der Waals surface area contributed by atoms with Crippen molar-refractivity contribution in [2.24, 2.45) is 0 Å². The number of amides is 2. The number of benzene rings is 2. The number of imide groups is 1. The van der Waals surface area contributed by atoms with Gasteiger partial charge in [-0.2, -0.15) is 0 Å². The Morgan fingerprint density at radius 3 is 1.94 bits per heavy atom. The summed E-state index contributed by atoms with van der Waals surface area (Å²) >= 11 is 1.08. The van der Waals surface area contributed by atoms with Crippen molar-refractivity contribution in [1.29, 1.82) is 0 Å². The maximum atomic E-state index is 12.1. The SMILES string of the molecule is CN(C)c1cc(CC2SC(=O)NC2=O)ccc1-c1cc2c(cc1N(C)C)C(C)(C)CCC2(C)C. The molecule has 4 rings (SSSR count). The van der Waals surface area contributed by atoms with Crippen molar-refractivity contribution in [3.63, 3.8) is 0 Å². The highest BCUT2D eigenvalue weighted by atomic mass is 32.2. The molecule has 182 valence electrons. The van der Waals surface area contributed by atoms with Gasteiger partial charge in [0.25, 0.3) is 5.24 Å². The van der Waals surface area contributed by atoms with Crippen molar-refractivity contribution in [3.05, 3.63) is 47.0 Å². The molecule has 2 aromatic rings. The smallest absolute Gasteiger partial charge is 0.286 e. The fraction of sp³-hybridized carbons (Fsp3) is 0.500. The second kappa shape index (κ2) is 8.63. The van der Waals surface area contributed by atoms with Crippen molar-refractivity contribution < 1.29 is 9.59 Å². The van der Waals surface area contributed by atoms with Gasteiger partial charge in [-0.1, -0.05) is 51.6 Å².